The second-order valence-electron chi connectivity index (χ2n) is 7.33. The van der Waals surface area contributed by atoms with Gasteiger partial charge in [-0.1, -0.05) is 27.2 Å². The molecule has 9 heteroatoms. The Hall–Kier alpha value is -2.42. The third kappa shape index (κ3) is 6.06. The van der Waals surface area contributed by atoms with E-state index in [2.05, 4.69) is 33.3 Å². The summed E-state index contributed by atoms with van der Waals surface area (Å²) in [6.07, 6.45) is 2.45. The average molecular weight is 378 g/mol. The highest BCUT2D eigenvalue weighted by molar-refractivity contribution is 6.39. The van der Waals surface area contributed by atoms with Gasteiger partial charge in [-0.3, -0.25) is 19.7 Å². The van der Waals surface area contributed by atoms with Crippen LogP contribution >= 0.6 is 0 Å². The van der Waals surface area contributed by atoms with Gasteiger partial charge in [-0.25, -0.2) is 4.68 Å². The molecule has 2 rings (SSSR count). The fourth-order valence-electron chi connectivity index (χ4n) is 2.96. The van der Waals surface area contributed by atoms with Gasteiger partial charge in [-0.2, -0.15) is 5.10 Å². The van der Waals surface area contributed by atoms with Crippen LogP contribution in [0.1, 0.15) is 58.4 Å². The summed E-state index contributed by atoms with van der Waals surface area (Å²) >= 11 is 0. The van der Waals surface area contributed by atoms with Gasteiger partial charge in [-0.15, -0.1) is 0 Å². The summed E-state index contributed by atoms with van der Waals surface area (Å²) in [5.74, 6) is -0.729. The van der Waals surface area contributed by atoms with Gasteiger partial charge in [-0.05, 0) is 25.7 Å². The first-order valence-electron chi connectivity index (χ1n) is 9.50. The van der Waals surface area contributed by atoms with Crippen molar-refractivity contribution >= 4 is 23.5 Å². The number of anilines is 1. The quantitative estimate of drug-likeness (QED) is 0.529. The molecule has 2 unspecified atom stereocenters. The van der Waals surface area contributed by atoms with E-state index in [1.165, 1.54) is 4.68 Å². The maximum Gasteiger partial charge on any atom is 0.314 e. The van der Waals surface area contributed by atoms with Crippen molar-refractivity contribution in [1.82, 2.24) is 25.7 Å². The normalized spacial score (nSPS) is 19.7. The lowest BCUT2D eigenvalue weighted by atomic mass is 10.1. The number of aryl methyl sites for hydroxylation is 1. The van der Waals surface area contributed by atoms with E-state index in [4.69, 9.17) is 0 Å². The zero-order valence-corrected chi connectivity index (χ0v) is 16.5. The second kappa shape index (κ2) is 9.50. The zero-order valence-electron chi connectivity index (χ0n) is 16.5. The minimum absolute atomic E-state index is 0.0427. The largest absolute Gasteiger partial charge is 0.348 e. The van der Waals surface area contributed by atoms with E-state index in [0.29, 0.717) is 30.4 Å². The summed E-state index contributed by atoms with van der Waals surface area (Å²) in [5, 5.41) is 15.7. The lowest BCUT2D eigenvalue weighted by Gasteiger charge is -2.32. The SMILES string of the molecule is CCCC1CC(=O)NC(n2nc(C)cc2NC(=O)C(=O)NCCC(C)C)N1. The summed E-state index contributed by atoms with van der Waals surface area (Å²) in [6.45, 7) is 8.38. The molecule has 0 aromatic carbocycles. The predicted molar refractivity (Wildman–Crippen MR) is 102 cm³/mol. The second-order valence-corrected chi connectivity index (χ2v) is 7.33. The van der Waals surface area contributed by atoms with E-state index in [9.17, 15) is 14.4 Å². The molecule has 1 aromatic heterocycles. The molecule has 1 saturated heterocycles. The van der Waals surface area contributed by atoms with Gasteiger partial charge in [0, 0.05) is 25.1 Å². The highest BCUT2D eigenvalue weighted by atomic mass is 16.2. The molecule has 1 aromatic rings. The molecule has 1 aliphatic rings. The van der Waals surface area contributed by atoms with Gasteiger partial charge in [0.1, 0.15) is 5.82 Å². The number of rotatable bonds is 7. The molecule has 0 aliphatic carbocycles. The molecule has 9 nitrogen and oxygen atoms in total. The summed E-state index contributed by atoms with van der Waals surface area (Å²) in [6, 6.07) is 1.71. The Bertz CT molecular complexity index is 685. The van der Waals surface area contributed by atoms with Crippen molar-refractivity contribution in [2.24, 2.45) is 5.92 Å². The first kappa shape index (κ1) is 20.9. The molecule has 4 N–H and O–H groups in total. The van der Waals surface area contributed by atoms with E-state index in [-0.39, 0.29) is 11.9 Å². The smallest absolute Gasteiger partial charge is 0.314 e. The summed E-state index contributed by atoms with van der Waals surface area (Å²) in [5.41, 5.74) is 0.666. The monoisotopic (exact) mass is 378 g/mol. The fraction of sp³-hybridized carbons (Fsp3) is 0.667. The van der Waals surface area contributed by atoms with Crippen LogP contribution in [0.2, 0.25) is 0 Å². The van der Waals surface area contributed by atoms with Gasteiger partial charge in [0.2, 0.25) is 5.91 Å². The summed E-state index contributed by atoms with van der Waals surface area (Å²) < 4.78 is 1.49. The topological polar surface area (TPSA) is 117 Å². The van der Waals surface area contributed by atoms with Gasteiger partial charge in [0.05, 0.1) is 5.69 Å². The zero-order chi connectivity index (χ0) is 20.0. The van der Waals surface area contributed by atoms with Crippen LogP contribution in [-0.4, -0.2) is 40.1 Å². The first-order chi connectivity index (χ1) is 12.8. The Morgan fingerprint density at radius 2 is 2.11 bits per heavy atom. The summed E-state index contributed by atoms with van der Waals surface area (Å²) in [4.78, 5) is 36.2. The standard InChI is InChI=1S/C18H30N6O3/c1-5-6-13-10-15(25)22-18(20-13)24-14(9-12(4)23-24)21-17(27)16(26)19-8-7-11(2)3/h9,11,13,18,20H,5-8,10H2,1-4H3,(H,19,26)(H,21,27)(H,22,25). The van der Waals surface area contributed by atoms with Crippen LogP contribution in [0.25, 0.3) is 0 Å². The van der Waals surface area contributed by atoms with Gasteiger partial charge < -0.3 is 16.0 Å². The number of aromatic nitrogens is 2. The van der Waals surface area contributed by atoms with Crippen molar-refractivity contribution in [3.05, 3.63) is 11.8 Å². The molecule has 1 fully saturated rings. The van der Waals surface area contributed by atoms with Crippen LogP contribution in [0.4, 0.5) is 5.82 Å². The highest BCUT2D eigenvalue weighted by Crippen LogP contribution is 2.18. The van der Waals surface area contributed by atoms with Crippen LogP contribution in [-0.2, 0) is 14.4 Å². The maximum absolute atomic E-state index is 12.2. The Morgan fingerprint density at radius 3 is 2.78 bits per heavy atom. The van der Waals surface area contributed by atoms with Crippen molar-refractivity contribution < 1.29 is 14.4 Å². The van der Waals surface area contributed by atoms with Crippen LogP contribution in [0.15, 0.2) is 6.07 Å². The molecular weight excluding hydrogens is 348 g/mol. The Kier molecular flexibility index (Phi) is 7.35. The molecule has 0 spiro atoms. The molecular formula is C18H30N6O3. The van der Waals surface area contributed by atoms with Gasteiger partial charge in [0.15, 0.2) is 6.29 Å². The number of nitrogens with zero attached hydrogens (tertiary/aromatic N) is 2. The van der Waals surface area contributed by atoms with Gasteiger partial charge >= 0.3 is 11.8 Å². The van der Waals surface area contributed by atoms with Crippen molar-refractivity contribution in [1.29, 1.82) is 0 Å². The molecule has 3 amide bonds. The molecule has 2 heterocycles. The minimum atomic E-state index is -0.757. The molecule has 0 saturated carbocycles. The molecule has 150 valence electrons. The van der Waals surface area contributed by atoms with Crippen LogP contribution in [0, 0.1) is 12.8 Å². The Morgan fingerprint density at radius 1 is 1.37 bits per heavy atom. The van der Waals surface area contributed by atoms with Crippen molar-refractivity contribution in [2.75, 3.05) is 11.9 Å². The van der Waals surface area contributed by atoms with E-state index < -0.39 is 18.1 Å². The van der Waals surface area contributed by atoms with E-state index >= 15 is 0 Å². The van der Waals surface area contributed by atoms with Gasteiger partial charge in [0.25, 0.3) is 0 Å². The number of nitrogens with one attached hydrogen (secondary N) is 4. The lowest BCUT2D eigenvalue weighted by Crippen LogP contribution is -2.53. The van der Waals surface area contributed by atoms with Crippen LogP contribution in [0.5, 0.6) is 0 Å². The van der Waals surface area contributed by atoms with E-state index in [0.717, 1.165) is 19.3 Å². The number of carbonyl (C=O) groups is 3. The molecule has 27 heavy (non-hydrogen) atoms. The predicted octanol–water partition coefficient (Wildman–Crippen LogP) is 1.03. The van der Waals surface area contributed by atoms with E-state index in [1.807, 2.05) is 13.8 Å². The number of hydrogen-bond acceptors (Lipinski definition) is 5. The molecule has 1 aliphatic heterocycles. The summed E-state index contributed by atoms with van der Waals surface area (Å²) in [7, 11) is 0. The lowest BCUT2D eigenvalue weighted by molar-refractivity contribution is -0.136. The van der Waals surface area contributed by atoms with Crippen molar-refractivity contribution in [3.63, 3.8) is 0 Å². The number of carbonyl (C=O) groups excluding carboxylic acids is 3. The first-order valence-corrected chi connectivity index (χ1v) is 9.50. The fourth-order valence-corrected chi connectivity index (χ4v) is 2.96. The third-order valence-electron chi connectivity index (χ3n) is 4.32. The Balaban J connectivity index is 2.05. The molecule has 2 atom stereocenters. The van der Waals surface area contributed by atoms with Crippen molar-refractivity contribution in [2.45, 2.75) is 65.7 Å². The minimum Gasteiger partial charge on any atom is -0.348 e. The highest BCUT2D eigenvalue weighted by Gasteiger charge is 2.29. The van der Waals surface area contributed by atoms with Crippen LogP contribution in [0.3, 0.4) is 0 Å². The third-order valence-corrected chi connectivity index (χ3v) is 4.32. The Labute approximate surface area is 159 Å². The average Bonchev–Trinajstić information content (AvgIpc) is 2.94. The van der Waals surface area contributed by atoms with Crippen molar-refractivity contribution in [3.8, 4) is 0 Å². The number of amides is 3. The maximum atomic E-state index is 12.2. The van der Waals surface area contributed by atoms with Crippen LogP contribution < -0.4 is 21.3 Å². The van der Waals surface area contributed by atoms with E-state index in [1.54, 1.807) is 13.0 Å². The molecule has 0 bridgehead atoms. The number of hydrogen-bond donors (Lipinski definition) is 4. The molecule has 0 radical (unpaired) electrons.